The number of alkyl halides is 3. The molecule has 8 heteroatoms. The number of nitrogens with zero attached hydrogens (tertiary/aromatic N) is 2. The van der Waals surface area contributed by atoms with Crippen LogP contribution >= 0.6 is 0 Å². The van der Waals surface area contributed by atoms with Gasteiger partial charge in [-0.05, 0) is 37.3 Å². The van der Waals surface area contributed by atoms with Gasteiger partial charge >= 0.3 is 6.18 Å². The molecule has 1 atom stereocenters. The molecule has 1 unspecified atom stereocenters. The van der Waals surface area contributed by atoms with Crippen LogP contribution in [0.15, 0.2) is 52.0 Å². The SMILES string of the molecule is Cc1[nH]c2ccncc2c1N=S(N)c1ccc(C(F)(F)F)cc1. The lowest BCUT2D eigenvalue weighted by Gasteiger charge is -2.08. The highest BCUT2D eigenvalue weighted by Crippen LogP contribution is 2.31. The Bertz CT molecular complexity index is 882. The first-order chi connectivity index (χ1) is 10.9. The molecule has 0 amide bonds. The number of pyridine rings is 1. The number of aromatic amines is 1. The predicted molar refractivity (Wildman–Crippen MR) is 84.2 cm³/mol. The van der Waals surface area contributed by atoms with Crippen molar-refractivity contribution in [3.8, 4) is 0 Å². The third kappa shape index (κ3) is 3.13. The van der Waals surface area contributed by atoms with Crippen molar-refractivity contribution in [3.05, 3.63) is 54.0 Å². The third-order valence-electron chi connectivity index (χ3n) is 3.37. The van der Waals surface area contributed by atoms with Gasteiger partial charge in [0, 0.05) is 39.2 Å². The van der Waals surface area contributed by atoms with Gasteiger partial charge in [0.05, 0.1) is 11.1 Å². The maximum absolute atomic E-state index is 12.6. The van der Waals surface area contributed by atoms with Crippen LogP contribution in [0.2, 0.25) is 0 Å². The molecule has 2 heterocycles. The van der Waals surface area contributed by atoms with Gasteiger partial charge < -0.3 is 4.98 Å². The van der Waals surface area contributed by atoms with Crippen LogP contribution < -0.4 is 5.14 Å². The lowest BCUT2D eigenvalue weighted by Crippen LogP contribution is -2.07. The van der Waals surface area contributed by atoms with Gasteiger partial charge in [-0.3, -0.25) is 10.1 Å². The van der Waals surface area contributed by atoms with Crippen molar-refractivity contribution in [2.75, 3.05) is 0 Å². The smallest absolute Gasteiger partial charge is 0.357 e. The number of nitrogens with one attached hydrogen (secondary N) is 1. The minimum absolute atomic E-state index is 0.538. The summed E-state index contributed by atoms with van der Waals surface area (Å²) in [6.45, 7) is 1.86. The molecule has 1 aromatic carbocycles. The van der Waals surface area contributed by atoms with Gasteiger partial charge in [-0.15, -0.1) is 0 Å². The van der Waals surface area contributed by atoms with Gasteiger partial charge in [0.15, 0.2) is 0 Å². The summed E-state index contributed by atoms with van der Waals surface area (Å²) in [4.78, 5) is 7.78. The Labute approximate surface area is 132 Å². The Morgan fingerprint density at radius 1 is 1.17 bits per heavy atom. The van der Waals surface area contributed by atoms with Crippen molar-refractivity contribution < 1.29 is 13.2 Å². The van der Waals surface area contributed by atoms with E-state index in [1.54, 1.807) is 12.4 Å². The molecule has 0 spiro atoms. The maximum Gasteiger partial charge on any atom is 0.416 e. The van der Waals surface area contributed by atoms with E-state index in [0.717, 1.165) is 28.7 Å². The van der Waals surface area contributed by atoms with Crippen molar-refractivity contribution >= 4 is 27.5 Å². The molecule has 0 fully saturated rings. The van der Waals surface area contributed by atoms with Crippen molar-refractivity contribution in [1.29, 1.82) is 0 Å². The van der Waals surface area contributed by atoms with Crippen LogP contribution in [0.25, 0.3) is 10.9 Å². The van der Waals surface area contributed by atoms with E-state index in [0.29, 0.717) is 10.6 Å². The van der Waals surface area contributed by atoms with Gasteiger partial charge in [-0.1, -0.05) is 0 Å². The Morgan fingerprint density at radius 2 is 1.87 bits per heavy atom. The number of nitrogens with two attached hydrogens (primary N) is 1. The second-order valence-electron chi connectivity index (χ2n) is 4.95. The number of hydrogen-bond donors (Lipinski definition) is 2. The largest absolute Gasteiger partial charge is 0.416 e. The lowest BCUT2D eigenvalue weighted by atomic mass is 10.2. The number of aromatic nitrogens is 2. The number of rotatable bonds is 2. The average molecular weight is 338 g/mol. The van der Waals surface area contributed by atoms with Crippen molar-refractivity contribution in [2.24, 2.45) is 9.50 Å². The average Bonchev–Trinajstić information content (AvgIpc) is 2.82. The van der Waals surface area contributed by atoms with E-state index in [9.17, 15) is 13.2 Å². The van der Waals surface area contributed by atoms with Crippen molar-refractivity contribution in [1.82, 2.24) is 9.97 Å². The van der Waals surface area contributed by atoms with Crippen LogP contribution in [0.3, 0.4) is 0 Å². The fourth-order valence-electron chi connectivity index (χ4n) is 2.21. The van der Waals surface area contributed by atoms with Crippen LogP contribution in [0.4, 0.5) is 18.9 Å². The zero-order chi connectivity index (χ0) is 16.6. The summed E-state index contributed by atoms with van der Waals surface area (Å²) >= 11 is 0. The molecule has 0 aliphatic carbocycles. The molecule has 0 radical (unpaired) electrons. The van der Waals surface area contributed by atoms with E-state index in [1.165, 1.54) is 12.1 Å². The van der Waals surface area contributed by atoms with Gasteiger partial charge in [0.1, 0.15) is 5.69 Å². The van der Waals surface area contributed by atoms with E-state index in [4.69, 9.17) is 5.14 Å². The topological polar surface area (TPSA) is 67.1 Å². The number of H-pyrrole nitrogens is 1. The molecule has 0 saturated carbocycles. The highest BCUT2D eigenvalue weighted by atomic mass is 32.2. The second kappa shape index (κ2) is 5.78. The third-order valence-corrected chi connectivity index (χ3v) is 4.50. The van der Waals surface area contributed by atoms with Crippen molar-refractivity contribution in [2.45, 2.75) is 18.0 Å². The minimum Gasteiger partial charge on any atom is -0.357 e. The van der Waals surface area contributed by atoms with Crippen LogP contribution in [0.1, 0.15) is 11.3 Å². The first kappa shape index (κ1) is 15.7. The fourth-order valence-corrected chi connectivity index (χ4v) is 3.16. The van der Waals surface area contributed by atoms with Crippen molar-refractivity contribution in [3.63, 3.8) is 0 Å². The fraction of sp³-hybridized carbons (Fsp3) is 0.133. The molecule has 3 aromatic rings. The summed E-state index contributed by atoms with van der Waals surface area (Å²) in [5, 5.41) is 6.88. The summed E-state index contributed by atoms with van der Waals surface area (Å²) in [6, 6.07) is 6.58. The minimum atomic E-state index is -4.36. The summed E-state index contributed by atoms with van der Waals surface area (Å²) in [5.41, 5.74) is 1.70. The Morgan fingerprint density at radius 3 is 2.52 bits per heavy atom. The summed E-state index contributed by atoms with van der Waals surface area (Å²) < 4.78 is 42.2. The normalized spacial score (nSPS) is 13.6. The molecule has 120 valence electrons. The highest BCUT2D eigenvalue weighted by Gasteiger charge is 2.30. The monoisotopic (exact) mass is 338 g/mol. The quantitative estimate of drug-likeness (QED) is 0.733. The zero-order valence-electron chi connectivity index (χ0n) is 12.1. The Kier molecular flexibility index (Phi) is 3.95. The van der Waals surface area contributed by atoms with Crippen LogP contribution in [0, 0.1) is 6.92 Å². The maximum atomic E-state index is 12.6. The van der Waals surface area contributed by atoms with Crippen LogP contribution in [-0.4, -0.2) is 9.97 Å². The van der Waals surface area contributed by atoms with Gasteiger partial charge in [-0.25, -0.2) is 4.36 Å². The van der Waals surface area contributed by atoms with E-state index in [-0.39, 0.29) is 0 Å². The molecule has 3 rings (SSSR count). The lowest BCUT2D eigenvalue weighted by molar-refractivity contribution is -0.137. The second-order valence-corrected chi connectivity index (χ2v) is 6.23. The molecule has 3 N–H and O–H groups in total. The predicted octanol–water partition coefficient (Wildman–Crippen LogP) is 4.26. The summed E-state index contributed by atoms with van der Waals surface area (Å²) in [7, 11) is -1.05. The first-order valence-corrected chi connectivity index (χ1v) is 7.91. The summed E-state index contributed by atoms with van der Waals surface area (Å²) in [6.07, 6.45) is -1.01. The number of aryl methyl sites for hydroxylation is 1. The van der Waals surface area contributed by atoms with Crippen LogP contribution in [-0.2, 0) is 17.1 Å². The molecule has 0 aliphatic rings. The van der Waals surface area contributed by atoms with Gasteiger partial charge in [0.2, 0.25) is 0 Å². The number of hydrogen-bond acceptors (Lipinski definition) is 2. The molecule has 0 bridgehead atoms. The molecular formula is C15H13F3N4S. The van der Waals surface area contributed by atoms with E-state index in [2.05, 4.69) is 14.3 Å². The van der Waals surface area contributed by atoms with E-state index in [1.807, 2.05) is 13.0 Å². The standard InChI is InChI=1S/C15H13F3N4S/c1-9-14(12-8-20-7-6-13(12)21-9)22-23(19)11-4-2-10(3-5-11)15(16,17)18/h2-8,21H,1H3,(H2,19,22). The molecule has 23 heavy (non-hydrogen) atoms. The number of halogens is 3. The van der Waals surface area contributed by atoms with E-state index >= 15 is 0 Å². The van der Waals surface area contributed by atoms with Crippen LogP contribution in [0.5, 0.6) is 0 Å². The molecule has 0 aliphatic heterocycles. The molecule has 0 saturated heterocycles. The molecule has 4 nitrogen and oxygen atoms in total. The first-order valence-electron chi connectivity index (χ1n) is 6.66. The zero-order valence-corrected chi connectivity index (χ0v) is 12.9. The van der Waals surface area contributed by atoms with Gasteiger partial charge in [-0.2, -0.15) is 13.2 Å². The number of benzene rings is 1. The molecule has 2 aromatic heterocycles. The number of fused-ring (bicyclic) bond motifs is 1. The van der Waals surface area contributed by atoms with Gasteiger partial charge in [0.25, 0.3) is 0 Å². The van der Waals surface area contributed by atoms with E-state index < -0.39 is 22.6 Å². The molecular weight excluding hydrogens is 325 g/mol. The Balaban J connectivity index is 2.00. The Hall–Kier alpha value is -2.19. The highest BCUT2D eigenvalue weighted by molar-refractivity contribution is 7.85. The summed E-state index contributed by atoms with van der Waals surface area (Å²) in [5.74, 6) is 0.